The third kappa shape index (κ3) is 9.00. The highest BCUT2D eigenvalue weighted by atomic mass is 19.3. The molecule has 0 aliphatic carbocycles. The van der Waals surface area contributed by atoms with Crippen LogP contribution >= 0.6 is 0 Å². The number of rotatable bonds is 6. The van der Waals surface area contributed by atoms with Gasteiger partial charge >= 0.3 is 6.03 Å². The lowest BCUT2D eigenvalue weighted by atomic mass is 10.6. The van der Waals surface area contributed by atoms with E-state index in [0.717, 1.165) is 0 Å². The van der Waals surface area contributed by atoms with E-state index in [4.69, 9.17) is 0 Å². The van der Waals surface area contributed by atoms with E-state index in [2.05, 4.69) is 15.4 Å². The van der Waals surface area contributed by atoms with Crippen LogP contribution in [0.1, 0.15) is 6.92 Å². The Morgan fingerprint density at radius 2 is 2.15 bits per heavy atom. The van der Waals surface area contributed by atoms with Crippen molar-refractivity contribution in [1.29, 1.82) is 0 Å². The molecule has 2 amide bonds. The van der Waals surface area contributed by atoms with Crippen molar-refractivity contribution in [2.45, 2.75) is 13.3 Å². The van der Waals surface area contributed by atoms with Crippen LogP contribution in [0, 0.1) is 0 Å². The summed E-state index contributed by atoms with van der Waals surface area (Å²) in [7, 11) is 0. The number of halogens is 2. The Balaban J connectivity index is 3.11. The number of carbonyl (C=O) groups is 1. The Labute approximate surface area is 75.6 Å². The highest BCUT2D eigenvalue weighted by Gasteiger charge is 2.01. The van der Waals surface area contributed by atoms with Gasteiger partial charge in [0.15, 0.2) is 0 Å². The van der Waals surface area contributed by atoms with E-state index in [1.165, 1.54) is 0 Å². The Morgan fingerprint density at radius 1 is 1.46 bits per heavy atom. The third-order valence-corrected chi connectivity index (χ3v) is 1.11. The molecule has 0 atom stereocenters. The fourth-order valence-electron chi connectivity index (χ4n) is 0.632. The topological polar surface area (TPSA) is 50.4 Å². The summed E-state index contributed by atoms with van der Waals surface area (Å²) < 4.78 is 27.6. The van der Waals surface area contributed by atoms with Crippen LogP contribution in [0.4, 0.5) is 13.6 Å². The van der Waals surface area contributed by atoms with Crippen molar-refractivity contribution in [1.82, 2.24) is 10.6 Å². The zero-order valence-corrected chi connectivity index (χ0v) is 7.48. The van der Waals surface area contributed by atoms with E-state index in [-0.39, 0.29) is 19.2 Å². The van der Waals surface area contributed by atoms with Gasteiger partial charge in [0.25, 0.3) is 6.43 Å². The lowest BCUT2D eigenvalue weighted by Gasteiger charge is -2.05. The predicted octanol–water partition coefficient (Wildman–Crippen LogP) is 0.587. The molecule has 0 heterocycles. The average molecular weight is 196 g/mol. The molecule has 0 unspecified atom stereocenters. The first-order valence-electron chi connectivity index (χ1n) is 4.04. The highest BCUT2D eigenvalue weighted by Crippen LogP contribution is 1.90. The van der Waals surface area contributed by atoms with Crippen molar-refractivity contribution >= 4 is 6.03 Å². The molecule has 0 aromatic carbocycles. The first-order chi connectivity index (χ1) is 6.16. The van der Waals surface area contributed by atoms with Crippen LogP contribution in [0.5, 0.6) is 0 Å². The van der Waals surface area contributed by atoms with Crippen molar-refractivity contribution in [3.63, 3.8) is 0 Å². The number of nitrogens with one attached hydrogen (secondary N) is 2. The Kier molecular flexibility index (Phi) is 7.18. The van der Waals surface area contributed by atoms with Gasteiger partial charge in [-0.15, -0.1) is 0 Å². The SMILES string of the molecule is CCNC(=O)NCCOCC(F)F. The lowest BCUT2D eigenvalue weighted by molar-refractivity contribution is 0.0193. The zero-order valence-electron chi connectivity index (χ0n) is 7.48. The van der Waals surface area contributed by atoms with E-state index in [9.17, 15) is 13.6 Å². The van der Waals surface area contributed by atoms with Crippen molar-refractivity contribution in [2.24, 2.45) is 0 Å². The molecule has 0 saturated carbocycles. The average Bonchev–Trinajstić information content (AvgIpc) is 2.03. The first kappa shape index (κ1) is 12.1. The highest BCUT2D eigenvalue weighted by molar-refractivity contribution is 5.73. The van der Waals surface area contributed by atoms with Gasteiger partial charge in [-0.2, -0.15) is 0 Å². The van der Waals surface area contributed by atoms with Crippen molar-refractivity contribution in [3.05, 3.63) is 0 Å². The molecule has 0 aliphatic heterocycles. The number of alkyl halides is 2. The van der Waals surface area contributed by atoms with Crippen LogP contribution in [0.2, 0.25) is 0 Å². The summed E-state index contributed by atoms with van der Waals surface area (Å²) >= 11 is 0. The summed E-state index contributed by atoms with van der Waals surface area (Å²) in [6.07, 6.45) is -2.45. The summed E-state index contributed by atoms with van der Waals surface area (Å²) in [4.78, 5) is 10.7. The third-order valence-electron chi connectivity index (χ3n) is 1.11. The number of hydrogen-bond acceptors (Lipinski definition) is 2. The number of urea groups is 1. The molecule has 0 rings (SSSR count). The molecule has 6 heteroatoms. The van der Waals surface area contributed by atoms with E-state index in [0.29, 0.717) is 6.54 Å². The standard InChI is InChI=1S/C7H14F2N2O2/c1-2-10-7(12)11-3-4-13-5-6(8)9/h6H,2-5H2,1H3,(H2,10,11,12). The Morgan fingerprint density at radius 3 is 2.69 bits per heavy atom. The number of carbonyl (C=O) groups excluding carboxylic acids is 1. The molecule has 0 saturated heterocycles. The second-order valence-electron chi connectivity index (χ2n) is 2.25. The summed E-state index contributed by atoms with van der Waals surface area (Å²) in [6, 6.07) is -0.317. The molecular weight excluding hydrogens is 182 g/mol. The molecule has 78 valence electrons. The molecule has 0 aliphatic rings. The van der Waals surface area contributed by atoms with Gasteiger partial charge < -0.3 is 15.4 Å². The van der Waals surface area contributed by atoms with Gasteiger partial charge in [0.05, 0.1) is 6.61 Å². The van der Waals surface area contributed by atoms with Gasteiger partial charge in [-0.25, -0.2) is 13.6 Å². The Bertz CT molecular complexity index is 144. The van der Waals surface area contributed by atoms with E-state index >= 15 is 0 Å². The summed E-state index contributed by atoms with van der Waals surface area (Å²) in [6.45, 7) is 2.06. The van der Waals surface area contributed by atoms with Gasteiger partial charge in [0, 0.05) is 13.1 Å². The molecular formula is C7H14F2N2O2. The maximum atomic E-state index is 11.5. The fourth-order valence-corrected chi connectivity index (χ4v) is 0.632. The normalized spacial score (nSPS) is 10.2. The molecule has 0 fully saturated rings. The second-order valence-corrected chi connectivity index (χ2v) is 2.25. The van der Waals surface area contributed by atoms with Crippen molar-refractivity contribution in [2.75, 3.05) is 26.3 Å². The molecule has 0 bridgehead atoms. The van der Waals surface area contributed by atoms with Crippen LogP contribution in [-0.2, 0) is 4.74 Å². The molecule has 0 spiro atoms. The van der Waals surface area contributed by atoms with Crippen LogP contribution in [0.25, 0.3) is 0 Å². The molecule has 2 N–H and O–H groups in total. The first-order valence-corrected chi connectivity index (χ1v) is 4.04. The van der Waals surface area contributed by atoms with Crippen LogP contribution in [0.3, 0.4) is 0 Å². The minimum absolute atomic E-state index is 0.0987. The summed E-state index contributed by atoms with van der Waals surface area (Å²) in [5.74, 6) is 0. The smallest absolute Gasteiger partial charge is 0.314 e. The molecule has 0 radical (unpaired) electrons. The summed E-state index contributed by atoms with van der Waals surface area (Å²) in [5.41, 5.74) is 0. The van der Waals surface area contributed by atoms with Crippen molar-refractivity contribution < 1.29 is 18.3 Å². The summed E-state index contributed by atoms with van der Waals surface area (Å²) in [5, 5.41) is 4.93. The molecule has 0 aromatic rings. The molecule has 4 nitrogen and oxygen atoms in total. The maximum absolute atomic E-state index is 11.5. The van der Waals surface area contributed by atoms with E-state index in [1.54, 1.807) is 6.92 Å². The second kappa shape index (κ2) is 7.72. The number of ether oxygens (including phenoxy) is 1. The van der Waals surface area contributed by atoms with E-state index in [1.807, 2.05) is 0 Å². The largest absolute Gasteiger partial charge is 0.374 e. The zero-order chi connectivity index (χ0) is 10.1. The van der Waals surface area contributed by atoms with Gasteiger partial charge in [0.2, 0.25) is 0 Å². The number of hydrogen-bond donors (Lipinski definition) is 2. The van der Waals surface area contributed by atoms with Gasteiger partial charge in [-0.1, -0.05) is 0 Å². The Hall–Kier alpha value is -0.910. The monoisotopic (exact) mass is 196 g/mol. The van der Waals surface area contributed by atoms with E-state index < -0.39 is 13.0 Å². The van der Waals surface area contributed by atoms with Crippen LogP contribution in [0.15, 0.2) is 0 Å². The van der Waals surface area contributed by atoms with Gasteiger partial charge in [-0.05, 0) is 6.92 Å². The number of amides is 2. The fraction of sp³-hybridized carbons (Fsp3) is 0.857. The minimum atomic E-state index is -2.45. The minimum Gasteiger partial charge on any atom is -0.374 e. The van der Waals surface area contributed by atoms with Gasteiger partial charge in [-0.3, -0.25) is 0 Å². The van der Waals surface area contributed by atoms with Crippen molar-refractivity contribution in [3.8, 4) is 0 Å². The predicted molar refractivity (Wildman–Crippen MR) is 43.9 cm³/mol. The lowest BCUT2D eigenvalue weighted by Crippen LogP contribution is -2.37. The quantitative estimate of drug-likeness (QED) is 0.611. The maximum Gasteiger partial charge on any atom is 0.314 e. The van der Waals surface area contributed by atoms with Crippen LogP contribution < -0.4 is 10.6 Å². The van der Waals surface area contributed by atoms with Crippen LogP contribution in [-0.4, -0.2) is 38.8 Å². The van der Waals surface area contributed by atoms with Gasteiger partial charge in [0.1, 0.15) is 6.61 Å². The molecule has 0 aromatic heterocycles. The molecule has 13 heavy (non-hydrogen) atoms.